The molecule has 3 N–H and O–H groups in total. The fraction of sp³-hybridized carbons (Fsp3) is 0.200. The molecule has 6 nitrogen and oxygen atoms in total. The highest BCUT2D eigenvalue weighted by Gasteiger charge is 2.06. The molecule has 110 valence electrons. The number of oxime groups is 1. The van der Waals surface area contributed by atoms with Crippen molar-refractivity contribution in [3.05, 3.63) is 53.9 Å². The first-order valence-electron chi connectivity index (χ1n) is 6.42. The Kier molecular flexibility index (Phi) is 4.61. The third kappa shape index (κ3) is 3.62. The van der Waals surface area contributed by atoms with E-state index < -0.39 is 0 Å². The normalized spacial score (nSPS) is 11.2. The molecule has 0 unspecified atom stereocenters. The highest BCUT2D eigenvalue weighted by Crippen LogP contribution is 2.21. The van der Waals surface area contributed by atoms with Crippen LogP contribution in [0.25, 0.3) is 0 Å². The number of pyridine rings is 1. The van der Waals surface area contributed by atoms with Gasteiger partial charge in [0.1, 0.15) is 11.4 Å². The van der Waals surface area contributed by atoms with E-state index in [2.05, 4.69) is 15.0 Å². The molecule has 2 rings (SSSR count). The van der Waals surface area contributed by atoms with Crippen LogP contribution in [-0.4, -0.2) is 30.2 Å². The molecule has 2 aromatic rings. The van der Waals surface area contributed by atoms with Crippen LogP contribution < -0.4 is 15.4 Å². The number of benzene rings is 1. The second-order valence-electron chi connectivity index (χ2n) is 4.59. The monoisotopic (exact) mass is 286 g/mol. The van der Waals surface area contributed by atoms with Crippen LogP contribution in [0, 0.1) is 0 Å². The molecule has 0 spiro atoms. The second-order valence-corrected chi connectivity index (χ2v) is 4.59. The molecular weight excluding hydrogens is 268 g/mol. The number of nitrogens with zero attached hydrogens (tertiary/aromatic N) is 3. The number of aromatic nitrogens is 1. The lowest BCUT2D eigenvalue weighted by molar-refractivity contribution is 0.318. The summed E-state index contributed by atoms with van der Waals surface area (Å²) >= 11 is 0. The molecule has 0 aliphatic rings. The molecule has 0 saturated carbocycles. The van der Waals surface area contributed by atoms with Crippen LogP contribution in [0.2, 0.25) is 0 Å². The first-order valence-corrected chi connectivity index (χ1v) is 6.42. The highest BCUT2D eigenvalue weighted by molar-refractivity contribution is 5.95. The zero-order valence-corrected chi connectivity index (χ0v) is 12.0. The summed E-state index contributed by atoms with van der Waals surface area (Å²) in [5.74, 6) is 0.812. The summed E-state index contributed by atoms with van der Waals surface area (Å²) in [6.07, 6.45) is 1.64. The van der Waals surface area contributed by atoms with Crippen molar-refractivity contribution in [1.29, 1.82) is 0 Å². The smallest absolute Gasteiger partial charge is 0.188 e. The molecular formula is C15H18N4O2. The number of rotatable bonds is 5. The fourth-order valence-corrected chi connectivity index (χ4v) is 1.98. The number of amidine groups is 1. The zero-order chi connectivity index (χ0) is 15.2. The van der Waals surface area contributed by atoms with Gasteiger partial charge in [-0.3, -0.25) is 4.98 Å². The van der Waals surface area contributed by atoms with Gasteiger partial charge in [-0.05, 0) is 29.8 Å². The SMILES string of the molecule is COc1cccc(N(C)Cc2ccnc(C(N)=NO)c2)c1. The summed E-state index contributed by atoms with van der Waals surface area (Å²) in [6.45, 7) is 0.668. The average Bonchev–Trinajstić information content (AvgIpc) is 2.54. The number of hydrogen-bond acceptors (Lipinski definition) is 5. The van der Waals surface area contributed by atoms with Crippen molar-refractivity contribution >= 4 is 11.5 Å². The zero-order valence-electron chi connectivity index (χ0n) is 12.0. The third-order valence-electron chi connectivity index (χ3n) is 3.11. The minimum absolute atomic E-state index is 0.000818. The third-order valence-corrected chi connectivity index (χ3v) is 3.11. The summed E-state index contributed by atoms with van der Waals surface area (Å²) in [6, 6.07) is 11.5. The number of nitrogens with two attached hydrogens (primary N) is 1. The number of ether oxygens (including phenoxy) is 1. The largest absolute Gasteiger partial charge is 0.497 e. The van der Waals surface area contributed by atoms with Crippen molar-refractivity contribution in [2.45, 2.75) is 6.54 Å². The van der Waals surface area contributed by atoms with E-state index in [0.29, 0.717) is 12.2 Å². The predicted octanol–water partition coefficient (Wildman–Crippen LogP) is 1.82. The van der Waals surface area contributed by atoms with E-state index in [4.69, 9.17) is 15.7 Å². The van der Waals surface area contributed by atoms with Gasteiger partial charge in [0, 0.05) is 31.5 Å². The number of methoxy groups -OCH3 is 1. The summed E-state index contributed by atoms with van der Waals surface area (Å²) in [7, 11) is 3.63. The van der Waals surface area contributed by atoms with Gasteiger partial charge in [-0.25, -0.2) is 0 Å². The first-order chi connectivity index (χ1) is 10.1. The maximum Gasteiger partial charge on any atom is 0.188 e. The molecule has 21 heavy (non-hydrogen) atoms. The molecule has 1 aromatic heterocycles. The summed E-state index contributed by atoms with van der Waals surface area (Å²) in [5, 5.41) is 11.7. The van der Waals surface area contributed by atoms with Gasteiger partial charge in [-0.2, -0.15) is 0 Å². The topological polar surface area (TPSA) is 84.0 Å². The molecule has 0 radical (unpaired) electrons. The van der Waals surface area contributed by atoms with Gasteiger partial charge >= 0.3 is 0 Å². The second kappa shape index (κ2) is 6.60. The van der Waals surface area contributed by atoms with Gasteiger partial charge in [-0.1, -0.05) is 11.2 Å². The van der Waals surface area contributed by atoms with Crippen LogP contribution in [0.4, 0.5) is 5.69 Å². The van der Waals surface area contributed by atoms with Crippen LogP contribution in [0.5, 0.6) is 5.75 Å². The molecule has 6 heteroatoms. The van der Waals surface area contributed by atoms with Crippen LogP contribution in [0.1, 0.15) is 11.3 Å². The van der Waals surface area contributed by atoms with E-state index in [1.807, 2.05) is 37.4 Å². The Hall–Kier alpha value is -2.76. The molecule has 0 bridgehead atoms. The number of anilines is 1. The maximum atomic E-state index is 8.70. The molecule has 1 aromatic carbocycles. The molecule has 0 amide bonds. The maximum absolute atomic E-state index is 8.70. The van der Waals surface area contributed by atoms with E-state index in [-0.39, 0.29) is 5.84 Å². The minimum Gasteiger partial charge on any atom is -0.497 e. The minimum atomic E-state index is 0.000818. The van der Waals surface area contributed by atoms with Gasteiger partial charge < -0.3 is 20.6 Å². The van der Waals surface area contributed by atoms with Crippen molar-refractivity contribution < 1.29 is 9.94 Å². The van der Waals surface area contributed by atoms with Crippen molar-refractivity contribution in [2.75, 3.05) is 19.1 Å². The Balaban J connectivity index is 2.17. The van der Waals surface area contributed by atoms with Crippen LogP contribution in [-0.2, 0) is 6.54 Å². The lowest BCUT2D eigenvalue weighted by Gasteiger charge is -2.20. The van der Waals surface area contributed by atoms with E-state index in [1.54, 1.807) is 19.4 Å². The van der Waals surface area contributed by atoms with Crippen molar-refractivity contribution in [3.8, 4) is 5.75 Å². The lowest BCUT2D eigenvalue weighted by atomic mass is 10.2. The molecule has 0 fully saturated rings. The van der Waals surface area contributed by atoms with E-state index in [1.165, 1.54) is 0 Å². The van der Waals surface area contributed by atoms with Crippen molar-refractivity contribution in [2.24, 2.45) is 10.9 Å². The van der Waals surface area contributed by atoms with Crippen LogP contribution in [0.15, 0.2) is 47.8 Å². The summed E-state index contributed by atoms with van der Waals surface area (Å²) in [4.78, 5) is 6.14. The Labute approximate surface area is 123 Å². The molecule has 1 heterocycles. The van der Waals surface area contributed by atoms with Gasteiger partial charge in [0.15, 0.2) is 5.84 Å². The fourth-order valence-electron chi connectivity index (χ4n) is 1.98. The molecule has 0 aliphatic carbocycles. The van der Waals surface area contributed by atoms with Crippen LogP contribution >= 0.6 is 0 Å². The molecule has 0 aliphatic heterocycles. The Morgan fingerprint density at radius 2 is 2.19 bits per heavy atom. The molecule has 0 saturated heterocycles. The van der Waals surface area contributed by atoms with Gasteiger partial charge in [0.05, 0.1) is 7.11 Å². The van der Waals surface area contributed by atoms with E-state index in [0.717, 1.165) is 17.0 Å². The summed E-state index contributed by atoms with van der Waals surface area (Å²) < 4.78 is 5.22. The lowest BCUT2D eigenvalue weighted by Crippen LogP contribution is -2.18. The predicted molar refractivity (Wildman–Crippen MR) is 81.8 cm³/mol. The van der Waals surface area contributed by atoms with E-state index in [9.17, 15) is 0 Å². The van der Waals surface area contributed by atoms with E-state index >= 15 is 0 Å². The Bertz CT molecular complexity index is 643. The number of hydrogen-bond donors (Lipinski definition) is 2. The standard InChI is InChI=1S/C15H18N4O2/c1-19(12-4-3-5-13(9-12)21-2)10-11-6-7-17-14(8-11)15(16)18-20/h3-9,20H,10H2,1-2H3,(H2,16,18). The Morgan fingerprint density at radius 3 is 2.90 bits per heavy atom. The highest BCUT2D eigenvalue weighted by atomic mass is 16.5. The Morgan fingerprint density at radius 1 is 1.38 bits per heavy atom. The van der Waals surface area contributed by atoms with Gasteiger partial charge in [0.25, 0.3) is 0 Å². The molecule has 0 atom stereocenters. The average molecular weight is 286 g/mol. The van der Waals surface area contributed by atoms with Gasteiger partial charge in [0.2, 0.25) is 0 Å². The first kappa shape index (κ1) is 14.6. The summed E-state index contributed by atoms with van der Waals surface area (Å²) in [5.41, 5.74) is 8.05. The van der Waals surface area contributed by atoms with Crippen LogP contribution in [0.3, 0.4) is 0 Å². The van der Waals surface area contributed by atoms with Gasteiger partial charge in [-0.15, -0.1) is 0 Å². The van der Waals surface area contributed by atoms with Crippen molar-refractivity contribution in [1.82, 2.24) is 4.98 Å². The van der Waals surface area contributed by atoms with Crippen molar-refractivity contribution in [3.63, 3.8) is 0 Å². The quantitative estimate of drug-likeness (QED) is 0.379.